The topological polar surface area (TPSA) is 89.5 Å². The fourth-order valence-electron chi connectivity index (χ4n) is 5.96. The van der Waals surface area contributed by atoms with Crippen molar-refractivity contribution in [2.75, 3.05) is 44.6 Å². The number of anilines is 1. The van der Waals surface area contributed by atoms with Gasteiger partial charge >= 0.3 is 12.2 Å². The summed E-state index contributed by atoms with van der Waals surface area (Å²) in [7, 11) is 0. The molecule has 0 radical (unpaired) electrons. The Bertz CT molecular complexity index is 1510. The molecule has 5 rings (SSSR count). The third kappa shape index (κ3) is 7.74. The van der Waals surface area contributed by atoms with Gasteiger partial charge in [-0.15, -0.1) is 0 Å². The minimum atomic E-state index is -4.55. The molecule has 0 spiro atoms. The SMILES string of the molecule is C=NC1=C(/C(=C\C)Oc2ccc3c(c2)CN(C(=O)Nc2ccc(CN4CCN(CC)CC4)c(C(F)(F)F)c2)CC3)CCC(=O)N1. The molecule has 3 amide bonds. The lowest BCUT2D eigenvalue weighted by molar-refractivity contribution is -0.138. The molecule has 1 fully saturated rings. The van der Waals surface area contributed by atoms with E-state index in [0.29, 0.717) is 56.2 Å². The van der Waals surface area contributed by atoms with E-state index in [4.69, 9.17) is 4.74 Å². The number of rotatable bonds is 8. The van der Waals surface area contributed by atoms with Crippen LogP contribution in [0.2, 0.25) is 0 Å². The van der Waals surface area contributed by atoms with E-state index in [2.05, 4.69) is 34.2 Å². The van der Waals surface area contributed by atoms with Crippen LogP contribution in [0.25, 0.3) is 0 Å². The molecule has 3 aliphatic heterocycles. The monoisotopic (exact) mass is 624 g/mol. The summed E-state index contributed by atoms with van der Waals surface area (Å²) in [5, 5.41) is 5.40. The zero-order valence-electron chi connectivity index (χ0n) is 25.7. The largest absolute Gasteiger partial charge is 0.457 e. The maximum absolute atomic E-state index is 14.1. The first-order valence-electron chi connectivity index (χ1n) is 15.2. The molecule has 0 saturated carbocycles. The number of nitrogens with one attached hydrogen (secondary N) is 2. The minimum Gasteiger partial charge on any atom is -0.457 e. The quantitative estimate of drug-likeness (QED) is 0.298. The normalized spacial score (nSPS) is 18.4. The van der Waals surface area contributed by atoms with Crippen LogP contribution in [0.3, 0.4) is 0 Å². The highest BCUT2D eigenvalue weighted by molar-refractivity contribution is 5.89. The zero-order chi connectivity index (χ0) is 32.1. The van der Waals surface area contributed by atoms with Gasteiger partial charge in [0.1, 0.15) is 17.3 Å². The zero-order valence-corrected chi connectivity index (χ0v) is 25.7. The van der Waals surface area contributed by atoms with Crippen molar-refractivity contribution in [1.29, 1.82) is 0 Å². The van der Waals surface area contributed by atoms with Crippen molar-refractivity contribution < 1.29 is 27.5 Å². The maximum Gasteiger partial charge on any atom is 0.416 e. The molecule has 0 aliphatic carbocycles. The van der Waals surface area contributed by atoms with Gasteiger partial charge < -0.3 is 25.2 Å². The Balaban J connectivity index is 1.26. The number of halogens is 3. The number of hydrogen-bond donors (Lipinski definition) is 2. The van der Waals surface area contributed by atoms with Crippen LogP contribution < -0.4 is 15.4 Å². The number of ether oxygens (including phenoxy) is 1. The number of carbonyl (C=O) groups is 2. The number of urea groups is 1. The molecule has 3 heterocycles. The second-order valence-corrected chi connectivity index (χ2v) is 11.4. The molecule has 0 unspecified atom stereocenters. The van der Waals surface area contributed by atoms with Crippen LogP contribution in [0.15, 0.2) is 64.6 Å². The molecular weight excluding hydrogens is 585 g/mol. The second-order valence-electron chi connectivity index (χ2n) is 11.4. The number of hydrogen-bond acceptors (Lipinski definition) is 6. The molecule has 2 aromatic rings. The third-order valence-electron chi connectivity index (χ3n) is 8.54. The van der Waals surface area contributed by atoms with Gasteiger partial charge in [-0.2, -0.15) is 13.2 Å². The third-order valence-corrected chi connectivity index (χ3v) is 8.54. The van der Waals surface area contributed by atoms with E-state index in [0.717, 1.165) is 42.4 Å². The van der Waals surface area contributed by atoms with Gasteiger partial charge in [-0.3, -0.25) is 9.69 Å². The summed E-state index contributed by atoms with van der Waals surface area (Å²) in [6.45, 7) is 12.4. The van der Waals surface area contributed by atoms with E-state index in [-0.39, 0.29) is 30.2 Å². The lowest BCUT2D eigenvalue weighted by Crippen LogP contribution is -2.45. The molecule has 2 N–H and O–H groups in total. The van der Waals surface area contributed by atoms with Crippen LogP contribution in [0.1, 0.15) is 48.9 Å². The van der Waals surface area contributed by atoms with Crippen molar-refractivity contribution in [1.82, 2.24) is 20.0 Å². The molecule has 0 bridgehead atoms. The highest BCUT2D eigenvalue weighted by Crippen LogP contribution is 2.35. The van der Waals surface area contributed by atoms with E-state index in [9.17, 15) is 22.8 Å². The summed E-state index contributed by atoms with van der Waals surface area (Å²) in [5.41, 5.74) is 2.27. The van der Waals surface area contributed by atoms with Crippen LogP contribution in [-0.4, -0.2) is 72.6 Å². The number of carbonyl (C=O) groups excluding carboxylic acids is 2. The summed E-state index contributed by atoms with van der Waals surface area (Å²) in [5.74, 6) is 1.35. The van der Waals surface area contributed by atoms with Crippen molar-refractivity contribution in [3.8, 4) is 5.75 Å². The van der Waals surface area contributed by atoms with Crippen LogP contribution >= 0.6 is 0 Å². The van der Waals surface area contributed by atoms with Gasteiger partial charge in [0.2, 0.25) is 5.91 Å². The van der Waals surface area contributed by atoms with E-state index < -0.39 is 17.8 Å². The lowest BCUT2D eigenvalue weighted by Gasteiger charge is -2.34. The lowest BCUT2D eigenvalue weighted by atomic mass is 9.99. The average molecular weight is 625 g/mol. The first-order chi connectivity index (χ1) is 21.6. The molecule has 45 heavy (non-hydrogen) atoms. The summed E-state index contributed by atoms with van der Waals surface area (Å²) in [6.07, 6.45) is -1.38. The predicted octanol–water partition coefficient (Wildman–Crippen LogP) is 5.54. The average Bonchev–Trinajstić information content (AvgIpc) is 3.03. The Morgan fingerprint density at radius 1 is 1.04 bits per heavy atom. The first-order valence-corrected chi connectivity index (χ1v) is 15.2. The number of piperazine rings is 1. The number of benzene rings is 2. The van der Waals surface area contributed by atoms with Crippen molar-refractivity contribution >= 4 is 24.3 Å². The summed E-state index contributed by atoms with van der Waals surface area (Å²) in [4.78, 5) is 34.9. The highest BCUT2D eigenvalue weighted by Gasteiger charge is 2.34. The van der Waals surface area contributed by atoms with Gasteiger partial charge in [-0.25, -0.2) is 9.79 Å². The molecule has 9 nitrogen and oxygen atoms in total. The number of likely N-dealkylation sites (N-methyl/N-ethyl adjacent to an activating group) is 1. The van der Waals surface area contributed by atoms with Crippen molar-refractivity contribution in [2.45, 2.75) is 52.4 Å². The number of amides is 3. The molecule has 0 atom stereocenters. The second kappa shape index (κ2) is 13.9. The number of nitrogens with zero attached hydrogens (tertiary/aromatic N) is 4. The van der Waals surface area contributed by atoms with Crippen LogP contribution in [0.5, 0.6) is 5.75 Å². The number of allylic oxidation sites excluding steroid dienone is 2. The van der Waals surface area contributed by atoms with Gasteiger partial charge in [0.15, 0.2) is 0 Å². The number of fused-ring (bicyclic) bond motifs is 1. The standard InChI is InChI=1S/C33H39F3N6O3/c1-4-29(27-10-11-30(43)39-31(27)37-3)45-26-9-7-22-12-13-42(21-24(22)18-26)32(44)38-25-8-6-23(28(19-25)33(34,35)36)20-41-16-14-40(5-2)15-17-41/h4,6-9,18-19H,3,5,10-17,20-21H2,1-2H3,(H,38,44)(H,39,43)/b29-4+. The van der Waals surface area contributed by atoms with Crippen molar-refractivity contribution in [3.63, 3.8) is 0 Å². The minimum absolute atomic E-state index is 0.104. The Labute approximate surface area is 261 Å². The number of alkyl halides is 3. The van der Waals surface area contributed by atoms with E-state index in [1.165, 1.54) is 6.07 Å². The van der Waals surface area contributed by atoms with Gasteiger partial charge in [0.25, 0.3) is 0 Å². The fourth-order valence-corrected chi connectivity index (χ4v) is 5.96. The van der Waals surface area contributed by atoms with Gasteiger partial charge in [0, 0.05) is 63.5 Å². The van der Waals surface area contributed by atoms with Gasteiger partial charge in [-0.05, 0) is 80.1 Å². The molecule has 0 aromatic heterocycles. The van der Waals surface area contributed by atoms with Crippen molar-refractivity contribution in [2.24, 2.45) is 4.99 Å². The predicted molar refractivity (Wildman–Crippen MR) is 167 cm³/mol. The highest BCUT2D eigenvalue weighted by atomic mass is 19.4. The van der Waals surface area contributed by atoms with Crippen LogP contribution in [-0.2, 0) is 30.5 Å². The maximum atomic E-state index is 14.1. The van der Waals surface area contributed by atoms with E-state index in [1.807, 2.05) is 30.0 Å². The number of aliphatic imine (C=N–C) groups is 1. The Hall–Kier alpha value is -4.16. The molecule has 3 aliphatic rings. The molecular formula is C33H39F3N6O3. The van der Waals surface area contributed by atoms with Crippen LogP contribution in [0, 0.1) is 0 Å². The van der Waals surface area contributed by atoms with Crippen molar-refractivity contribution in [3.05, 3.63) is 81.9 Å². The molecule has 240 valence electrons. The molecule has 2 aromatic carbocycles. The van der Waals surface area contributed by atoms with Gasteiger partial charge in [0.05, 0.1) is 5.56 Å². The van der Waals surface area contributed by atoms with Crippen LogP contribution in [0.4, 0.5) is 23.7 Å². The fraction of sp³-hybridized carbons (Fsp3) is 0.424. The molecule has 12 heteroatoms. The molecule has 1 saturated heterocycles. The first kappa shape index (κ1) is 32.2. The smallest absolute Gasteiger partial charge is 0.416 e. The Morgan fingerprint density at radius 3 is 2.49 bits per heavy atom. The van der Waals surface area contributed by atoms with E-state index in [1.54, 1.807) is 17.0 Å². The summed E-state index contributed by atoms with van der Waals surface area (Å²) >= 11 is 0. The Kier molecular flexibility index (Phi) is 9.93. The summed E-state index contributed by atoms with van der Waals surface area (Å²) < 4.78 is 48.5. The van der Waals surface area contributed by atoms with Gasteiger partial charge in [-0.1, -0.05) is 19.1 Å². The Morgan fingerprint density at radius 2 is 1.80 bits per heavy atom. The van der Waals surface area contributed by atoms with E-state index >= 15 is 0 Å². The summed E-state index contributed by atoms with van der Waals surface area (Å²) in [6, 6.07) is 9.24.